The molecule has 5 rings (SSSR count). The van der Waals surface area contributed by atoms with Crippen LogP contribution >= 0.6 is 0 Å². The Morgan fingerprint density at radius 1 is 0.953 bits per heavy atom. The first-order valence-electron chi connectivity index (χ1n) is 15.1. The fourth-order valence-corrected chi connectivity index (χ4v) is 7.93. The van der Waals surface area contributed by atoms with Crippen molar-refractivity contribution in [3.63, 3.8) is 0 Å². The number of carbonyl (C=O) groups excluding carboxylic acids is 5. The number of Topliss-reactive ketones (excluding diaryl/α,β-unsaturated/α-hetero) is 1. The average Bonchev–Trinajstić information content (AvgIpc) is 3.24. The Morgan fingerprint density at radius 2 is 1.67 bits per heavy atom. The fraction of sp³-hybridized carbons (Fsp3) is 0.656. The van der Waals surface area contributed by atoms with Crippen LogP contribution in [-0.2, 0) is 49.3 Å². The van der Waals surface area contributed by atoms with E-state index in [1.54, 1.807) is 0 Å². The normalized spacial score (nSPS) is 34.6. The van der Waals surface area contributed by atoms with E-state index in [1.165, 1.54) is 38.8 Å². The molecule has 1 aromatic carbocycles. The summed E-state index contributed by atoms with van der Waals surface area (Å²) < 4.78 is 28.7. The molecule has 9 atom stereocenters. The zero-order valence-electron chi connectivity index (χ0n) is 25.4. The van der Waals surface area contributed by atoms with E-state index >= 15 is 0 Å². The predicted molar refractivity (Wildman–Crippen MR) is 151 cm³/mol. The van der Waals surface area contributed by atoms with Gasteiger partial charge in [-0.1, -0.05) is 13.0 Å². The Hall–Kier alpha value is -3.47. The third-order valence-corrected chi connectivity index (χ3v) is 9.73. The molecule has 0 bridgehead atoms. The zero-order chi connectivity index (χ0) is 31.1. The fourth-order valence-electron chi connectivity index (χ4n) is 7.93. The molecule has 1 amide bonds. The molecule has 43 heavy (non-hydrogen) atoms. The van der Waals surface area contributed by atoms with Crippen LogP contribution in [0.25, 0.3) is 0 Å². The average molecular weight is 600 g/mol. The van der Waals surface area contributed by atoms with Gasteiger partial charge < -0.3 is 29.0 Å². The van der Waals surface area contributed by atoms with Crippen LogP contribution in [0, 0.1) is 17.3 Å². The second kappa shape index (κ2) is 12.3. The van der Waals surface area contributed by atoms with Crippen LogP contribution in [-0.4, -0.2) is 66.8 Å². The van der Waals surface area contributed by atoms with Crippen molar-refractivity contribution in [2.24, 2.45) is 17.3 Å². The lowest BCUT2D eigenvalue weighted by atomic mass is 9.55. The van der Waals surface area contributed by atoms with Gasteiger partial charge in [0.1, 0.15) is 30.3 Å². The van der Waals surface area contributed by atoms with Crippen LogP contribution in [0.2, 0.25) is 0 Å². The highest BCUT2D eigenvalue weighted by Gasteiger charge is 2.55. The second-order valence-electron chi connectivity index (χ2n) is 12.5. The highest BCUT2D eigenvalue weighted by atomic mass is 16.7. The van der Waals surface area contributed by atoms with Gasteiger partial charge in [0.25, 0.3) is 0 Å². The lowest BCUT2D eigenvalue weighted by Gasteiger charge is -2.48. The third kappa shape index (κ3) is 6.27. The van der Waals surface area contributed by atoms with Gasteiger partial charge in [-0.05, 0) is 73.1 Å². The number of amides is 1. The Morgan fingerprint density at radius 3 is 2.35 bits per heavy atom. The van der Waals surface area contributed by atoms with E-state index in [9.17, 15) is 24.0 Å². The molecule has 0 radical (unpaired) electrons. The molecule has 3 fully saturated rings. The summed E-state index contributed by atoms with van der Waals surface area (Å²) in [7, 11) is 0. The summed E-state index contributed by atoms with van der Waals surface area (Å²) in [5, 5.41) is 2.73. The number of ketones is 1. The van der Waals surface area contributed by atoms with Crippen LogP contribution in [0.5, 0.6) is 5.75 Å². The smallest absolute Gasteiger partial charge is 0.303 e. The molecule has 0 spiro atoms. The van der Waals surface area contributed by atoms with E-state index in [1.807, 2.05) is 12.1 Å². The molecule has 1 heterocycles. The minimum Gasteiger partial charge on any atom is -0.463 e. The maximum Gasteiger partial charge on any atom is 0.303 e. The molecule has 0 aromatic heterocycles. The number of aryl methyl sites for hydroxylation is 1. The van der Waals surface area contributed by atoms with Gasteiger partial charge in [0.15, 0.2) is 12.2 Å². The zero-order valence-corrected chi connectivity index (χ0v) is 25.4. The molecule has 4 aliphatic rings. The number of ether oxygens (including phenoxy) is 5. The SMILES string of the molecule is CC(=O)NC1C(Oc2ccc3c(c2)CCC2C3CCC3(C)C(=O)CCC23)OC(COC(C)=O)C(OC(C)=O)C1OC(C)=O. The summed E-state index contributed by atoms with van der Waals surface area (Å²) in [6.45, 7) is 6.79. The Labute approximate surface area is 251 Å². The number of fused-ring (bicyclic) bond motifs is 5. The first kappa shape index (κ1) is 31.0. The molecule has 234 valence electrons. The molecule has 11 nitrogen and oxygen atoms in total. The topological polar surface area (TPSA) is 144 Å². The molecule has 9 unspecified atom stereocenters. The highest BCUT2D eigenvalue weighted by molar-refractivity contribution is 5.87. The van der Waals surface area contributed by atoms with E-state index in [4.69, 9.17) is 23.7 Å². The molecule has 1 N–H and O–H groups in total. The summed E-state index contributed by atoms with van der Waals surface area (Å²) in [5.74, 6) is -0.133. The van der Waals surface area contributed by atoms with Crippen molar-refractivity contribution >= 4 is 29.6 Å². The van der Waals surface area contributed by atoms with Crippen LogP contribution in [0.15, 0.2) is 18.2 Å². The lowest BCUT2D eigenvalue weighted by molar-refractivity contribution is -0.257. The monoisotopic (exact) mass is 599 g/mol. The predicted octanol–water partition coefficient (Wildman–Crippen LogP) is 3.15. The van der Waals surface area contributed by atoms with Gasteiger partial charge in [-0.2, -0.15) is 0 Å². The molecule has 2 saturated carbocycles. The Kier molecular flexibility index (Phi) is 8.83. The lowest BCUT2D eigenvalue weighted by Crippen LogP contribution is -2.67. The Bertz CT molecular complexity index is 1290. The summed E-state index contributed by atoms with van der Waals surface area (Å²) in [4.78, 5) is 60.7. The van der Waals surface area contributed by atoms with E-state index in [-0.39, 0.29) is 12.0 Å². The van der Waals surface area contributed by atoms with Crippen molar-refractivity contribution in [2.75, 3.05) is 6.61 Å². The first-order valence-corrected chi connectivity index (χ1v) is 15.1. The van der Waals surface area contributed by atoms with Crippen LogP contribution in [0.1, 0.15) is 83.8 Å². The van der Waals surface area contributed by atoms with Crippen LogP contribution in [0.3, 0.4) is 0 Å². The van der Waals surface area contributed by atoms with Gasteiger partial charge in [0.2, 0.25) is 12.2 Å². The summed E-state index contributed by atoms with van der Waals surface area (Å²) in [6, 6.07) is 4.88. The van der Waals surface area contributed by atoms with Crippen molar-refractivity contribution < 1.29 is 47.7 Å². The van der Waals surface area contributed by atoms with Crippen molar-refractivity contribution in [1.82, 2.24) is 5.32 Å². The molecule has 11 heteroatoms. The minimum atomic E-state index is -1.19. The molecule has 1 aromatic rings. The number of esters is 3. The number of nitrogens with one attached hydrogen (secondary N) is 1. The molecular formula is C32H41NO10. The third-order valence-electron chi connectivity index (χ3n) is 9.73. The first-order chi connectivity index (χ1) is 20.4. The van der Waals surface area contributed by atoms with Gasteiger partial charge in [-0.15, -0.1) is 0 Å². The van der Waals surface area contributed by atoms with Crippen molar-refractivity contribution in [3.8, 4) is 5.75 Å². The molecule has 1 aliphatic heterocycles. The standard InChI is InChI=1S/C32H41NO10/c1-16(34)33-28-30(41-19(4)37)29(40-18(3)36)26(15-39-17(2)35)43-31(28)42-21-7-9-22-20(14-21)6-8-24-23(22)12-13-32(5)25(24)10-11-27(32)38/h7,9,14,23-26,28-31H,6,8,10-13,15H2,1-5H3,(H,33,34). The number of carbonyl (C=O) groups is 5. The van der Waals surface area contributed by atoms with Crippen LogP contribution in [0.4, 0.5) is 0 Å². The number of benzene rings is 1. The maximum atomic E-state index is 12.7. The summed E-state index contributed by atoms with van der Waals surface area (Å²) in [6.07, 6.45) is 0.827. The quantitative estimate of drug-likeness (QED) is 0.367. The van der Waals surface area contributed by atoms with E-state index in [0.717, 1.165) is 32.1 Å². The van der Waals surface area contributed by atoms with E-state index in [2.05, 4.69) is 18.3 Å². The Balaban J connectivity index is 1.42. The van der Waals surface area contributed by atoms with Gasteiger partial charge in [-0.3, -0.25) is 24.0 Å². The largest absolute Gasteiger partial charge is 0.463 e. The van der Waals surface area contributed by atoms with Gasteiger partial charge >= 0.3 is 17.9 Å². The number of hydrogen-bond acceptors (Lipinski definition) is 10. The molecule has 3 aliphatic carbocycles. The van der Waals surface area contributed by atoms with Crippen molar-refractivity contribution in [1.29, 1.82) is 0 Å². The molecule has 1 saturated heterocycles. The highest BCUT2D eigenvalue weighted by Crippen LogP contribution is 2.59. The van der Waals surface area contributed by atoms with Crippen molar-refractivity contribution in [3.05, 3.63) is 29.3 Å². The van der Waals surface area contributed by atoms with E-state index < -0.39 is 54.5 Å². The summed E-state index contributed by atoms with van der Waals surface area (Å²) in [5.41, 5.74) is 2.27. The minimum absolute atomic E-state index is 0.191. The summed E-state index contributed by atoms with van der Waals surface area (Å²) >= 11 is 0. The second-order valence-corrected chi connectivity index (χ2v) is 12.5. The van der Waals surface area contributed by atoms with Gasteiger partial charge in [-0.25, -0.2) is 0 Å². The van der Waals surface area contributed by atoms with Gasteiger partial charge in [0.05, 0.1) is 0 Å². The maximum absolute atomic E-state index is 12.7. The number of rotatable bonds is 7. The van der Waals surface area contributed by atoms with Gasteiger partial charge in [0, 0.05) is 39.5 Å². The number of hydrogen-bond donors (Lipinski definition) is 1. The van der Waals surface area contributed by atoms with Crippen LogP contribution < -0.4 is 10.1 Å². The molecular weight excluding hydrogens is 558 g/mol. The van der Waals surface area contributed by atoms with Crippen molar-refractivity contribution in [2.45, 2.75) is 110 Å². The van der Waals surface area contributed by atoms with E-state index in [0.29, 0.717) is 35.7 Å².